The number of ether oxygens (including phenoxy) is 2. The average Bonchev–Trinajstić information content (AvgIpc) is 3.57. The molecule has 1 aliphatic rings. The van der Waals surface area contributed by atoms with Crippen molar-refractivity contribution in [2.24, 2.45) is 5.10 Å². The molecule has 0 radical (unpaired) electrons. The van der Waals surface area contributed by atoms with Crippen LogP contribution in [0.4, 0.5) is 5.82 Å². The topological polar surface area (TPSA) is 159 Å². The zero-order chi connectivity index (χ0) is 27.2. The van der Waals surface area contributed by atoms with Gasteiger partial charge in [0.2, 0.25) is 11.6 Å². The van der Waals surface area contributed by atoms with Crippen molar-refractivity contribution < 1.29 is 18.9 Å². The van der Waals surface area contributed by atoms with Crippen LogP contribution in [-0.2, 0) is 17.9 Å². The van der Waals surface area contributed by atoms with Gasteiger partial charge in [-0.3, -0.25) is 9.69 Å². The summed E-state index contributed by atoms with van der Waals surface area (Å²) in [4.78, 5) is 15.4. The first-order valence-corrected chi connectivity index (χ1v) is 12.4. The molecule has 0 atom stereocenters. The van der Waals surface area contributed by atoms with Gasteiger partial charge >= 0.3 is 0 Å². The van der Waals surface area contributed by atoms with Crippen molar-refractivity contribution in [2.75, 3.05) is 32.0 Å². The van der Waals surface area contributed by atoms with E-state index < -0.39 is 5.91 Å². The third kappa shape index (κ3) is 6.27. The minimum Gasteiger partial charge on any atom is -0.489 e. The number of rotatable bonds is 9. The van der Waals surface area contributed by atoms with Crippen LogP contribution in [0.2, 0.25) is 0 Å². The number of nitrogens with zero attached hydrogens (tertiary/aromatic N) is 7. The Balaban J connectivity index is 1.28. The van der Waals surface area contributed by atoms with Gasteiger partial charge in [-0.05, 0) is 59.6 Å². The maximum atomic E-state index is 13.3. The number of hydrogen-bond donors (Lipinski definition) is 2. The van der Waals surface area contributed by atoms with Crippen molar-refractivity contribution in [3.8, 4) is 11.6 Å². The Bertz CT molecular complexity index is 1440. The highest BCUT2D eigenvalue weighted by Gasteiger charge is 2.26. The summed E-state index contributed by atoms with van der Waals surface area (Å²) in [7, 11) is 0. The number of carbonyl (C=O) groups excluding carboxylic acids is 1. The zero-order valence-corrected chi connectivity index (χ0v) is 21.7. The Morgan fingerprint density at radius 1 is 1.10 bits per heavy atom. The molecular formula is C26H29N9O4. The summed E-state index contributed by atoms with van der Waals surface area (Å²) in [5.41, 5.74) is 12.8. The molecule has 13 heteroatoms. The van der Waals surface area contributed by atoms with Crippen LogP contribution in [0.1, 0.15) is 39.8 Å². The van der Waals surface area contributed by atoms with Gasteiger partial charge in [-0.25, -0.2) is 10.1 Å². The highest BCUT2D eigenvalue weighted by Crippen LogP contribution is 2.18. The number of hydrogen-bond acceptors (Lipinski definition) is 11. The first-order chi connectivity index (χ1) is 19.0. The number of hydrazone groups is 1. The lowest BCUT2D eigenvalue weighted by Crippen LogP contribution is -2.36. The van der Waals surface area contributed by atoms with E-state index in [1.165, 1.54) is 10.2 Å². The Labute approximate surface area is 224 Å². The number of nitrogens with one attached hydrogen (secondary N) is 1. The van der Waals surface area contributed by atoms with Crippen molar-refractivity contribution >= 4 is 17.4 Å². The number of morpholine rings is 1. The first-order valence-electron chi connectivity index (χ1n) is 12.4. The van der Waals surface area contributed by atoms with E-state index in [2.05, 4.69) is 55.1 Å². The number of amides is 1. The van der Waals surface area contributed by atoms with Crippen LogP contribution in [0.25, 0.3) is 5.82 Å². The van der Waals surface area contributed by atoms with E-state index >= 15 is 0 Å². The van der Waals surface area contributed by atoms with Crippen molar-refractivity contribution in [3.05, 3.63) is 76.6 Å². The molecule has 0 bridgehead atoms. The van der Waals surface area contributed by atoms with Gasteiger partial charge in [0.1, 0.15) is 18.1 Å². The van der Waals surface area contributed by atoms with E-state index in [1.54, 1.807) is 6.92 Å². The molecule has 0 saturated carbocycles. The van der Waals surface area contributed by atoms with E-state index in [0.29, 0.717) is 50.9 Å². The van der Waals surface area contributed by atoms with E-state index in [9.17, 15) is 4.79 Å². The number of aromatic nitrogens is 5. The summed E-state index contributed by atoms with van der Waals surface area (Å²) in [5, 5.41) is 19.9. The Morgan fingerprint density at radius 3 is 2.54 bits per heavy atom. The number of benzene rings is 2. The minimum atomic E-state index is -0.525. The van der Waals surface area contributed by atoms with Gasteiger partial charge in [0.05, 0.1) is 18.9 Å². The molecule has 2 aromatic heterocycles. The van der Waals surface area contributed by atoms with E-state index in [4.69, 9.17) is 19.8 Å². The molecule has 4 aromatic rings. The summed E-state index contributed by atoms with van der Waals surface area (Å²) in [6, 6.07) is 15.7. The van der Waals surface area contributed by atoms with Gasteiger partial charge in [0, 0.05) is 19.6 Å². The van der Waals surface area contributed by atoms with E-state index in [1.807, 2.05) is 36.4 Å². The number of nitrogen functional groups attached to an aromatic ring is 1. The Kier molecular flexibility index (Phi) is 7.89. The lowest BCUT2D eigenvalue weighted by Gasteiger charge is -2.25. The summed E-state index contributed by atoms with van der Waals surface area (Å²) in [6.45, 7) is 7.35. The molecule has 1 aliphatic heterocycles. The molecule has 39 heavy (non-hydrogen) atoms. The summed E-state index contributed by atoms with van der Waals surface area (Å²) in [6.07, 6.45) is 0. The largest absolute Gasteiger partial charge is 0.489 e. The molecule has 3 N–H and O–H groups in total. The van der Waals surface area contributed by atoms with Crippen LogP contribution in [0.3, 0.4) is 0 Å². The molecule has 5 rings (SSSR count). The van der Waals surface area contributed by atoms with Crippen molar-refractivity contribution in [1.29, 1.82) is 0 Å². The Morgan fingerprint density at radius 2 is 1.85 bits per heavy atom. The van der Waals surface area contributed by atoms with Gasteiger partial charge in [-0.2, -0.15) is 9.78 Å². The molecule has 0 aliphatic carbocycles. The smallest absolute Gasteiger partial charge is 0.292 e. The van der Waals surface area contributed by atoms with Crippen LogP contribution in [0, 0.1) is 6.92 Å². The fourth-order valence-electron chi connectivity index (χ4n) is 4.00. The summed E-state index contributed by atoms with van der Waals surface area (Å²) < 4.78 is 17.2. The standard InChI is InChI=1S/C26H29N9O4/c1-17-3-5-19(6-4-17)16-38-21-9-7-20(8-10-21)18(2)28-30-26(36)23-22(15-34-11-13-37-14-12-34)29-33-35(23)25-24(27)31-39-32-25/h3-10H,11-16H2,1-2H3,(H2,27,31)(H,30,36)/b28-18+. The van der Waals surface area contributed by atoms with Crippen LogP contribution in [0.5, 0.6) is 5.75 Å². The number of nitrogens with two attached hydrogens (primary N) is 1. The van der Waals surface area contributed by atoms with Gasteiger partial charge in [0.15, 0.2) is 5.69 Å². The van der Waals surface area contributed by atoms with Gasteiger partial charge < -0.3 is 15.2 Å². The SMILES string of the molecule is C/C(=N\NC(=O)c1c(CN2CCOCC2)nnn1-c1nonc1N)c1ccc(OCc2ccc(C)cc2)cc1. The van der Waals surface area contributed by atoms with E-state index in [-0.39, 0.29) is 17.3 Å². The predicted molar refractivity (Wildman–Crippen MR) is 141 cm³/mol. The van der Waals surface area contributed by atoms with Crippen molar-refractivity contribution in [2.45, 2.75) is 27.0 Å². The highest BCUT2D eigenvalue weighted by atomic mass is 16.6. The molecular weight excluding hydrogens is 502 g/mol. The van der Waals surface area contributed by atoms with Crippen molar-refractivity contribution in [1.82, 2.24) is 35.6 Å². The second kappa shape index (κ2) is 11.8. The summed E-state index contributed by atoms with van der Waals surface area (Å²) in [5.74, 6) is 0.264. The molecule has 1 amide bonds. The predicted octanol–water partition coefficient (Wildman–Crippen LogP) is 2.11. The maximum absolute atomic E-state index is 13.3. The summed E-state index contributed by atoms with van der Waals surface area (Å²) >= 11 is 0. The monoisotopic (exact) mass is 531 g/mol. The second-order valence-electron chi connectivity index (χ2n) is 9.09. The molecule has 1 saturated heterocycles. The van der Waals surface area contributed by atoms with Crippen LogP contribution in [0.15, 0.2) is 58.3 Å². The maximum Gasteiger partial charge on any atom is 0.292 e. The number of anilines is 1. The average molecular weight is 532 g/mol. The fourth-order valence-corrected chi connectivity index (χ4v) is 4.00. The third-order valence-corrected chi connectivity index (χ3v) is 6.25. The molecule has 202 valence electrons. The lowest BCUT2D eigenvalue weighted by molar-refractivity contribution is 0.0335. The van der Waals surface area contributed by atoms with Crippen LogP contribution in [-0.4, -0.2) is 68.1 Å². The van der Waals surface area contributed by atoms with Crippen molar-refractivity contribution in [3.63, 3.8) is 0 Å². The molecule has 0 spiro atoms. The quantitative estimate of drug-likeness (QED) is 0.242. The van der Waals surface area contributed by atoms with Gasteiger partial charge in [-0.1, -0.05) is 35.0 Å². The van der Waals surface area contributed by atoms with Gasteiger partial charge in [-0.15, -0.1) is 5.10 Å². The third-order valence-electron chi connectivity index (χ3n) is 6.25. The lowest BCUT2D eigenvalue weighted by atomic mass is 10.1. The molecule has 3 heterocycles. The Hall–Kier alpha value is -4.62. The van der Waals surface area contributed by atoms with E-state index in [0.717, 1.165) is 16.9 Å². The molecule has 2 aromatic carbocycles. The molecule has 13 nitrogen and oxygen atoms in total. The normalized spacial score (nSPS) is 14.4. The molecule has 0 unspecified atom stereocenters. The number of aryl methyl sites for hydroxylation is 1. The van der Waals surface area contributed by atoms with Gasteiger partial charge in [0.25, 0.3) is 5.91 Å². The second-order valence-corrected chi connectivity index (χ2v) is 9.09. The fraction of sp³-hybridized carbons (Fsp3) is 0.308. The highest BCUT2D eigenvalue weighted by molar-refractivity contribution is 6.00. The first kappa shape index (κ1) is 26.0. The number of carbonyl (C=O) groups is 1. The zero-order valence-electron chi connectivity index (χ0n) is 21.7. The molecule has 1 fully saturated rings. The van der Waals surface area contributed by atoms with Crippen LogP contribution >= 0.6 is 0 Å². The minimum absolute atomic E-state index is 0.0174. The van der Waals surface area contributed by atoms with Crippen LogP contribution < -0.4 is 15.9 Å².